The lowest BCUT2D eigenvalue weighted by Gasteiger charge is -2.27. The third-order valence-electron chi connectivity index (χ3n) is 4.50. The van der Waals surface area contributed by atoms with Crippen LogP contribution in [0.25, 0.3) is 6.08 Å². The molecule has 0 amide bonds. The molecule has 0 fully saturated rings. The van der Waals surface area contributed by atoms with Gasteiger partial charge in [0.1, 0.15) is 0 Å². The minimum Gasteiger partial charge on any atom is -0.321 e. The fourth-order valence-electron chi connectivity index (χ4n) is 2.65. The van der Waals surface area contributed by atoms with Gasteiger partial charge in [0.15, 0.2) is 5.78 Å². The summed E-state index contributed by atoms with van der Waals surface area (Å²) in [5, 5.41) is 0. The lowest BCUT2D eigenvalue weighted by Crippen LogP contribution is -2.18. The predicted octanol–water partition coefficient (Wildman–Crippen LogP) is 5.55. The zero-order valence-corrected chi connectivity index (χ0v) is 15.2. The van der Waals surface area contributed by atoms with E-state index >= 15 is 0 Å². The van der Waals surface area contributed by atoms with Gasteiger partial charge < -0.3 is 4.90 Å². The highest BCUT2D eigenvalue weighted by Crippen LogP contribution is 2.26. The lowest BCUT2D eigenvalue weighted by atomic mass is 10.0. The van der Waals surface area contributed by atoms with Crippen molar-refractivity contribution in [1.29, 1.82) is 0 Å². The zero-order chi connectivity index (χ0) is 17.9. The van der Waals surface area contributed by atoms with Crippen molar-refractivity contribution in [3.8, 4) is 0 Å². The average Bonchev–Trinajstić information content (AvgIpc) is 2.55. The van der Waals surface area contributed by atoms with Crippen molar-refractivity contribution in [2.75, 3.05) is 0 Å². The maximum absolute atomic E-state index is 11.5. The van der Waals surface area contributed by atoms with Gasteiger partial charge in [0, 0.05) is 23.2 Å². The monoisotopic (exact) mass is 319 g/mol. The molecule has 1 aromatic rings. The van der Waals surface area contributed by atoms with Gasteiger partial charge in [0.2, 0.25) is 0 Å². The minimum atomic E-state index is 0.0565. The van der Waals surface area contributed by atoms with Crippen LogP contribution in [-0.4, -0.2) is 10.7 Å². The summed E-state index contributed by atoms with van der Waals surface area (Å²) in [4.78, 5) is 13.5. The van der Waals surface area contributed by atoms with Gasteiger partial charge in [-0.3, -0.25) is 4.79 Å². The Hall–Kier alpha value is -2.61. The van der Waals surface area contributed by atoms with E-state index in [1.807, 2.05) is 23.3 Å². The number of hydrogen-bond acceptors (Lipinski definition) is 2. The molecule has 0 aromatic heterocycles. The molecule has 1 aromatic carbocycles. The number of Topliss-reactive ketones (excluding diaryl/α,β-unsaturated/α-hetero) is 1. The number of carbonyl (C=O) groups excluding carboxylic acids is 1. The zero-order valence-electron chi connectivity index (χ0n) is 15.2. The van der Waals surface area contributed by atoms with Gasteiger partial charge in [0.05, 0.1) is 0 Å². The Kier molecular flexibility index (Phi) is 5.40. The van der Waals surface area contributed by atoms with Crippen molar-refractivity contribution < 1.29 is 4.79 Å². The van der Waals surface area contributed by atoms with Crippen LogP contribution in [0.1, 0.15) is 38.8 Å². The standard InChI is InChI=1S/C22H25NO/c1-15-9-7-8-10-21(15)13-16(2)18(4)19(5)23-12-11-22(20(6)24)14-17(23)3/h7-14H,3H2,1-2,4-6H3/b16-13+,19-18+. The predicted molar refractivity (Wildman–Crippen MR) is 102 cm³/mol. The molecule has 0 saturated carbocycles. The largest absolute Gasteiger partial charge is 0.321 e. The first kappa shape index (κ1) is 17.7. The molecular formula is C22H25NO. The van der Waals surface area contributed by atoms with E-state index in [1.54, 1.807) is 6.92 Å². The van der Waals surface area contributed by atoms with Crippen LogP contribution < -0.4 is 0 Å². The van der Waals surface area contributed by atoms with Crippen molar-refractivity contribution in [3.05, 3.63) is 88.4 Å². The van der Waals surface area contributed by atoms with Crippen molar-refractivity contribution in [3.63, 3.8) is 0 Å². The van der Waals surface area contributed by atoms with Crippen LogP contribution >= 0.6 is 0 Å². The fraction of sp³-hybridized carbons (Fsp3) is 0.227. The van der Waals surface area contributed by atoms with E-state index in [4.69, 9.17) is 0 Å². The second-order valence-electron chi connectivity index (χ2n) is 6.23. The van der Waals surface area contributed by atoms with Crippen LogP contribution in [0.3, 0.4) is 0 Å². The molecule has 2 heteroatoms. The van der Waals surface area contributed by atoms with E-state index in [0.717, 1.165) is 11.4 Å². The molecule has 2 rings (SSSR count). The van der Waals surface area contributed by atoms with Crippen molar-refractivity contribution >= 4 is 11.9 Å². The SMILES string of the molecule is C=C1C=C(C(C)=O)C=CN1/C(C)=C(C)/C(C)=C/c1ccccc1C. The number of benzene rings is 1. The molecule has 124 valence electrons. The summed E-state index contributed by atoms with van der Waals surface area (Å²) in [6.45, 7) is 14.1. The van der Waals surface area contributed by atoms with E-state index in [9.17, 15) is 4.79 Å². The molecular weight excluding hydrogens is 294 g/mol. The highest BCUT2D eigenvalue weighted by atomic mass is 16.1. The van der Waals surface area contributed by atoms with Crippen LogP contribution in [0.2, 0.25) is 0 Å². The van der Waals surface area contributed by atoms with Gasteiger partial charge in [-0.25, -0.2) is 0 Å². The molecule has 24 heavy (non-hydrogen) atoms. The van der Waals surface area contributed by atoms with Crippen molar-refractivity contribution in [2.24, 2.45) is 0 Å². The van der Waals surface area contributed by atoms with E-state index in [-0.39, 0.29) is 5.78 Å². The molecule has 0 atom stereocenters. The topological polar surface area (TPSA) is 20.3 Å². The molecule has 0 N–H and O–H groups in total. The Morgan fingerprint density at radius 1 is 1.12 bits per heavy atom. The smallest absolute Gasteiger partial charge is 0.159 e. The van der Waals surface area contributed by atoms with Crippen molar-refractivity contribution in [2.45, 2.75) is 34.6 Å². The van der Waals surface area contributed by atoms with Crippen LogP contribution in [0.5, 0.6) is 0 Å². The third-order valence-corrected chi connectivity index (χ3v) is 4.50. The maximum atomic E-state index is 11.5. The molecule has 1 aliphatic rings. The second kappa shape index (κ2) is 7.31. The van der Waals surface area contributed by atoms with Crippen LogP contribution in [0.4, 0.5) is 0 Å². The highest BCUT2D eigenvalue weighted by molar-refractivity contribution is 5.96. The van der Waals surface area contributed by atoms with Gasteiger partial charge in [-0.1, -0.05) is 36.9 Å². The fourth-order valence-corrected chi connectivity index (χ4v) is 2.65. The summed E-state index contributed by atoms with van der Waals surface area (Å²) in [5.74, 6) is 0.0565. The first-order valence-corrected chi connectivity index (χ1v) is 8.12. The molecule has 0 spiro atoms. The molecule has 2 nitrogen and oxygen atoms in total. The summed E-state index contributed by atoms with van der Waals surface area (Å²) in [5.41, 5.74) is 7.51. The molecule has 1 heterocycles. The number of aryl methyl sites for hydroxylation is 1. The molecule has 0 saturated heterocycles. The quantitative estimate of drug-likeness (QED) is 0.678. The van der Waals surface area contributed by atoms with Crippen LogP contribution in [0, 0.1) is 6.92 Å². The summed E-state index contributed by atoms with van der Waals surface area (Å²) < 4.78 is 0. The van der Waals surface area contributed by atoms with Gasteiger partial charge in [0.25, 0.3) is 0 Å². The molecule has 0 radical (unpaired) electrons. The van der Waals surface area contributed by atoms with E-state index < -0.39 is 0 Å². The van der Waals surface area contributed by atoms with E-state index in [0.29, 0.717) is 5.57 Å². The van der Waals surface area contributed by atoms with Gasteiger partial charge in [-0.15, -0.1) is 0 Å². The summed E-state index contributed by atoms with van der Waals surface area (Å²) >= 11 is 0. The van der Waals surface area contributed by atoms with E-state index in [1.165, 1.54) is 22.3 Å². The molecule has 0 aliphatic carbocycles. The number of allylic oxidation sites excluding steroid dienone is 6. The minimum absolute atomic E-state index is 0.0565. The first-order chi connectivity index (χ1) is 11.3. The Balaban J connectivity index is 2.32. The highest BCUT2D eigenvalue weighted by Gasteiger charge is 2.14. The summed E-state index contributed by atoms with van der Waals surface area (Å²) in [7, 11) is 0. The van der Waals surface area contributed by atoms with Gasteiger partial charge >= 0.3 is 0 Å². The lowest BCUT2D eigenvalue weighted by molar-refractivity contribution is -0.113. The summed E-state index contributed by atoms with van der Waals surface area (Å²) in [6.07, 6.45) is 7.80. The number of ketones is 1. The number of nitrogens with zero attached hydrogens (tertiary/aromatic N) is 1. The second-order valence-corrected chi connectivity index (χ2v) is 6.23. The van der Waals surface area contributed by atoms with Crippen LogP contribution in [0.15, 0.2) is 77.3 Å². The van der Waals surface area contributed by atoms with Gasteiger partial charge in [-0.05, 0) is 69.0 Å². The summed E-state index contributed by atoms with van der Waals surface area (Å²) in [6, 6.07) is 8.36. The Bertz CT molecular complexity index is 803. The van der Waals surface area contributed by atoms with Crippen molar-refractivity contribution in [1.82, 2.24) is 4.90 Å². The molecule has 0 unspecified atom stereocenters. The average molecular weight is 319 g/mol. The van der Waals surface area contributed by atoms with Gasteiger partial charge in [-0.2, -0.15) is 0 Å². The molecule has 0 bridgehead atoms. The van der Waals surface area contributed by atoms with Crippen LogP contribution in [-0.2, 0) is 4.79 Å². The Labute approximate surface area is 145 Å². The number of rotatable bonds is 4. The third kappa shape index (κ3) is 3.83. The number of carbonyl (C=O) groups is 1. The normalized spacial score (nSPS) is 16.0. The Morgan fingerprint density at radius 2 is 1.79 bits per heavy atom. The Morgan fingerprint density at radius 3 is 2.38 bits per heavy atom. The maximum Gasteiger partial charge on any atom is 0.159 e. The number of hydrogen-bond donors (Lipinski definition) is 0. The van der Waals surface area contributed by atoms with E-state index in [2.05, 4.69) is 64.6 Å². The molecule has 1 aliphatic heterocycles. The first-order valence-electron chi connectivity index (χ1n) is 8.12.